The van der Waals surface area contributed by atoms with E-state index in [1.54, 1.807) is 28.8 Å². The predicted octanol–water partition coefficient (Wildman–Crippen LogP) is 0.825. The molecule has 98 valence electrons. The number of hydrogen-bond donors (Lipinski definition) is 1. The largest absolute Gasteiger partial charge is 0.391 e. The van der Waals surface area contributed by atoms with Crippen molar-refractivity contribution >= 4 is 11.7 Å². The van der Waals surface area contributed by atoms with Gasteiger partial charge in [-0.3, -0.25) is 9.59 Å². The van der Waals surface area contributed by atoms with Crippen LogP contribution in [-0.2, 0) is 7.05 Å². The Kier molecular flexibility index (Phi) is 3.52. The standard InChI is InChI=1S/C13H18N2O3/c1-9(16)10-6-12(14(2)7-10)13(18)15-5-3-4-11(17)8-15/h6-7,11,17H,3-5,8H2,1-2H3. The summed E-state index contributed by atoms with van der Waals surface area (Å²) in [5, 5.41) is 9.58. The van der Waals surface area contributed by atoms with E-state index in [-0.39, 0.29) is 11.7 Å². The van der Waals surface area contributed by atoms with Crippen molar-refractivity contribution in [3.63, 3.8) is 0 Å². The molecule has 1 unspecified atom stereocenters. The summed E-state index contributed by atoms with van der Waals surface area (Å²) in [6.07, 6.45) is 2.79. The highest BCUT2D eigenvalue weighted by Crippen LogP contribution is 2.15. The number of aryl methyl sites for hydroxylation is 1. The Hall–Kier alpha value is -1.62. The minimum atomic E-state index is -0.435. The molecule has 5 nitrogen and oxygen atoms in total. The molecule has 1 atom stereocenters. The number of aliphatic hydroxyl groups excluding tert-OH is 1. The molecule has 1 aliphatic rings. The van der Waals surface area contributed by atoms with Crippen LogP contribution in [-0.4, -0.2) is 45.5 Å². The first kappa shape index (κ1) is 12.8. The molecule has 1 aromatic heterocycles. The SMILES string of the molecule is CC(=O)c1cc(C(=O)N2CCCC(O)C2)n(C)c1. The number of rotatable bonds is 2. The van der Waals surface area contributed by atoms with Crippen molar-refractivity contribution in [3.05, 3.63) is 23.5 Å². The van der Waals surface area contributed by atoms with Crippen molar-refractivity contribution in [1.82, 2.24) is 9.47 Å². The van der Waals surface area contributed by atoms with Gasteiger partial charge in [0.15, 0.2) is 5.78 Å². The Labute approximate surface area is 106 Å². The summed E-state index contributed by atoms with van der Waals surface area (Å²) in [5.74, 6) is -0.174. The molecule has 1 fully saturated rings. The van der Waals surface area contributed by atoms with Gasteiger partial charge in [0.2, 0.25) is 0 Å². The fourth-order valence-corrected chi connectivity index (χ4v) is 2.27. The van der Waals surface area contributed by atoms with Crippen LogP contribution in [0.2, 0.25) is 0 Å². The highest BCUT2D eigenvalue weighted by molar-refractivity contribution is 5.99. The number of hydrogen-bond acceptors (Lipinski definition) is 3. The number of β-amino-alcohol motifs (C(OH)–C–C–N with tert-alkyl or cyclic N) is 1. The molecule has 0 radical (unpaired) electrons. The second kappa shape index (κ2) is 4.94. The Bertz CT molecular complexity index is 479. The maximum Gasteiger partial charge on any atom is 0.270 e. The molecule has 1 aliphatic heterocycles. The molecule has 1 amide bonds. The van der Waals surface area contributed by atoms with E-state index in [9.17, 15) is 14.7 Å². The van der Waals surface area contributed by atoms with Gasteiger partial charge in [0.05, 0.1) is 6.10 Å². The van der Waals surface area contributed by atoms with Crippen molar-refractivity contribution in [3.8, 4) is 0 Å². The van der Waals surface area contributed by atoms with Gasteiger partial charge >= 0.3 is 0 Å². The molecular formula is C13H18N2O3. The lowest BCUT2D eigenvalue weighted by atomic mass is 10.1. The Balaban J connectivity index is 2.20. The first-order valence-electron chi connectivity index (χ1n) is 6.13. The Morgan fingerprint density at radius 2 is 2.17 bits per heavy atom. The fraction of sp³-hybridized carbons (Fsp3) is 0.538. The first-order chi connectivity index (χ1) is 8.49. The third kappa shape index (κ3) is 2.46. The zero-order valence-corrected chi connectivity index (χ0v) is 10.7. The van der Waals surface area contributed by atoms with Crippen LogP contribution < -0.4 is 0 Å². The summed E-state index contributed by atoms with van der Waals surface area (Å²) in [4.78, 5) is 25.2. The summed E-state index contributed by atoms with van der Waals surface area (Å²) >= 11 is 0. The fourth-order valence-electron chi connectivity index (χ4n) is 2.27. The Morgan fingerprint density at radius 1 is 1.44 bits per heavy atom. The molecule has 2 rings (SSSR count). The van der Waals surface area contributed by atoms with E-state index < -0.39 is 6.10 Å². The summed E-state index contributed by atoms with van der Waals surface area (Å²) in [5.41, 5.74) is 1.03. The van der Waals surface area contributed by atoms with E-state index in [0.29, 0.717) is 24.3 Å². The minimum absolute atomic E-state index is 0.0525. The molecule has 1 aromatic rings. The maximum absolute atomic E-state index is 12.3. The monoisotopic (exact) mass is 250 g/mol. The number of amides is 1. The van der Waals surface area contributed by atoms with Crippen LogP contribution in [0.15, 0.2) is 12.3 Å². The van der Waals surface area contributed by atoms with Gasteiger partial charge in [0.25, 0.3) is 5.91 Å². The zero-order valence-electron chi connectivity index (χ0n) is 10.7. The lowest BCUT2D eigenvalue weighted by molar-refractivity contribution is 0.0466. The molecule has 0 saturated carbocycles. The van der Waals surface area contributed by atoms with Gasteiger partial charge in [-0.15, -0.1) is 0 Å². The summed E-state index contributed by atoms with van der Waals surface area (Å²) < 4.78 is 1.67. The van der Waals surface area contributed by atoms with E-state index in [4.69, 9.17) is 0 Å². The highest BCUT2D eigenvalue weighted by Gasteiger charge is 2.25. The third-order valence-corrected chi connectivity index (χ3v) is 3.31. The van der Waals surface area contributed by atoms with Crippen molar-refractivity contribution in [1.29, 1.82) is 0 Å². The number of aliphatic hydroxyl groups is 1. The van der Waals surface area contributed by atoms with Gasteiger partial charge in [-0.05, 0) is 25.8 Å². The molecule has 5 heteroatoms. The molecule has 0 spiro atoms. The average Bonchev–Trinajstić information content (AvgIpc) is 2.70. The first-order valence-corrected chi connectivity index (χ1v) is 6.13. The number of Topliss-reactive ketones (excluding diaryl/α,β-unsaturated/α-hetero) is 1. The topological polar surface area (TPSA) is 62.5 Å². The van der Waals surface area contributed by atoms with Crippen LogP contribution in [0.3, 0.4) is 0 Å². The zero-order chi connectivity index (χ0) is 13.3. The lowest BCUT2D eigenvalue weighted by Gasteiger charge is -2.30. The number of nitrogens with zero attached hydrogens (tertiary/aromatic N) is 2. The van der Waals surface area contributed by atoms with Crippen LogP contribution in [0.25, 0.3) is 0 Å². The van der Waals surface area contributed by atoms with Crippen molar-refractivity contribution in [2.45, 2.75) is 25.9 Å². The number of carbonyl (C=O) groups excluding carboxylic acids is 2. The number of likely N-dealkylation sites (tertiary alicyclic amines) is 1. The van der Waals surface area contributed by atoms with Crippen LogP contribution in [0, 0.1) is 0 Å². The van der Waals surface area contributed by atoms with E-state index in [1.807, 2.05) is 0 Å². The summed E-state index contributed by atoms with van der Waals surface area (Å²) in [7, 11) is 1.75. The molecule has 1 saturated heterocycles. The second-order valence-corrected chi connectivity index (χ2v) is 4.83. The normalized spacial score (nSPS) is 19.9. The average molecular weight is 250 g/mol. The van der Waals surface area contributed by atoms with Crippen LogP contribution in [0.5, 0.6) is 0 Å². The highest BCUT2D eigenvalue weighted by atomic mass is 16.3. The third-order valence-electron chi connectivity index (χ3n) is 3.31. The van der Waals surface area contributed by atoms with Gasteiger partial charge < -0.3 is 14.6 Å². The van der Waals surface area contributed by atoms with E-state index in [0.717, 1.165) is 12.8 Å². The molecule has 0 bridgehead atoms. The molecule has 2 heterocycles. The number of aromatic nitrogens is 1. The molecule has 1 N–H and O–H groups in total. The quantitative estimate of drug-likeness (QED) is 0.791. The molecule has 0 aliphatic carbocycles. The molecule has 0 aromatic carbocycles. The van der Waals surface area contributed by atoms with E-state index in [1.165, 1.54) is 6.92 Å². The smallest absolute Gasteiger partial charge is 0.270 e. The van der Waals surface area contributed by atoms with Gasteiger partial charge in [-0.25, -0.2) is 0 Å². The van der Waals surface area contributed by atoms with Crippen LogP contribution in [0.1, 0.15) is 40.6 Å². The maximum atomic E-state index is 12.3. The Morgan fingerprint density at radius 3 is 2.72 bits per heavy atom. The lowest BCUT2D eigenvalue weighted by Crippen LogP contribution is -2.42. The number of piperidine rings is 1. The predicted molar refractivity (Wildman–Crippen MR) is 66.6 cm³/mol. The molecule has 18 heavy (non-hydrogen) atoms. The number of ketones is 1. The summed E-state index contributed by atoms with van der Waals surface area (Å²) in [6.45, 7) is 2.52. The van der Waals surface area contributed by atoms with E-state index >= 15 is 0 Å². The minimum Gasteiger partial charge on any atom is -0.391 e. The van der Waals surface area contributed by atoms with Gasteiger partial charge in [0, 0.05) is 31.9 Å². The van der Waals surface area contributed by atoms with Gasteiger partial charge in [-0.1, -0.05) is 0 Å². The van der Waals surface area contributed by atoms with Crippen molar-refractivity contribution < 1.29 is 14.7 Å². The second-order valence-electron chi connectivity index (χ2n) is 4.83. The van der Waals surface area contributed by atoms with Crippen molar-refractivity contribution in [2.24, 2.45) is 7.05 Å². The van der Waals surface area contributed by atoms with E-state index in [2.05, 4.69) is 0 Å². The van der Waals surface area contributed by atoms with Crippen LogP contribution in [0.4, 0.5) is 0 Å². The number of carbonyl (C=O) groups is 2. The summed E-state index contributed by atoms with van der Waals surface area (Å²) in [6, 6.07) is 1.62. The molecular weight excluding hydrogens is 232 g/mol. The van der Waals surface area contributed by atoms with Crippen molar-refractivity contribution in [2.75, 3.05) is 13.1 Å². The van der Waals surface area contributed by atoms with Gasteiger partial charge in [0.1, 0.15) is 5.69 Å². The van der Waals surface area contributed by atoms with Gasteiger partial charge in [-0.2, -0.15) is 0 Å². The van der Waals surface area contributed by atoms with Crippen LogP contribution >= 0.6 is 0 Å².